The van der Waals surface area contributed by atoms with E-state index in [1.165, 1.54) is 9.65 Å². The third-order valence-electron chi connectivity index (χ3n) is 1.76. The van der Waals surface area contributed by atoms with E-state index in [1.54, 1.807) is 6.08 Å². The lowest BCUT2D eigenvalue weighted by Gasteiger charge is -2.06. The van der Waals surface area contributed by atoms with E-state index >= 15 is 0 Å². The Labute approximate surface area is 97.5 Å². The van der Waals surface area contributed by atoms with Crippen LogP contribution in [0, 0.1) is 10.5 Å². The van der Waals surface area contributed by atoms with Gasteiger partial charge in [0.1, 0.15) is 0 Å². The number of hydrogen-bond acceptors (Lipinski definition) is 1. The fraction of sp³-hybridized carbons (Fsp3) is 0.182. The number of halogens is 1. The summed E-state index contributed by atoms with van der Waals surface area (Å²) in [5.74, 6) is -0.0863. The van der Waals surface area contributed by atoms with Crippen molar-refractivity contribution >= 4 is 34.2 Å². The van der Waals surface area contributed by atoms with Crippen LogP contribution < -0.4 is 5.32 Å². The van der Waals surface area contributed by atoms with Crippen molar-refractivity contribution in [2.24, 2.45) is 0 Å². The van der Waals surface area contributed by atoms with Crippen molar-refractivity contribution in [1.82, 2.24) is 0 Å². The monoisotopic (exact) mass is 301 g/mol. The summed E-state index contributed by atoms with van der Waals surface area (Å²) in [6, 6.07) is 5.92. The summed E-state index contributed by atoms with van der Waals surface area (Å²) in [6.07, 6.45) is 3.23. The molecule has 1 aromatic rings. The molecule has 0 aliphatic heterocycles. The molecule has 0 aliphatic carbocycles. The third-order valence-corrected chi connectivity index (χ3v) is 2.44. The second-order valence-electron chi connectivity index (χ2n) is 2.95. The second-order valence-corrected chi connectivity index (χ2v) is 4.19. The number of nitrogens with one attached hydrogen (secondary N) is 1. The van der Waals surface area contributed by atoms with Crippen LogP contribution in [0.5, 0.6) is 0 Å². The van der Waals surface area contributed by atoms with Gasteiger partial charge in [0.2, 0.25) is 5.91 Å². The highest BCUT2D eigenvalue weighted by atomic mass is 127. The summed E-state index contributed by atoms with van der Waals surface area (Å²) in [5.41, 5.74) is 1.95. The van der Waals surface area contributed by atoms with Gasteiger partial charge in [0.15, 0.2) is 0 Å². The lowest BCUT2D eigenvalue weighted by Crippen LogP contribution is -2.08. The topological polar surface area (TPSA) is 29.1 Å². The summed E-state index contributed by atoms with van der Waals surface area (Å²) in [6.45, 7) is 3.80. The minimum Gasteiger partial charge on any atom is -0.322 e. The van der Waals surface area contributed by atoms with Crippen LogP contribution in [0.3, 0.4) is 0 Å². The summed E-state index contributed by atoms with van der Waals surface area (Å²) in [5, 5.41) is 2.81. The molecular formula is C11H12INO. The number of carbonyl (C=O) groups excluding carboxylic acids is 1. The maximum absolute atomic E-state index is 11.2. The first-order valence-corrected chi connectivity index (χ1v) is 5.41. The number of hydrogen-bond donors (Lipinski definition) is 1. The molecule has 0 aliphatic rings. The number of anilines is 1. The molecule has 0 spiro atoms. The number of benzene rings is 1. The Bertz CT molecular complexity index is 372. The molecule has 3 heteroatoms. The van der Waals surface area contributed by atoms with Gasteiger partial charge in [0, 0.05) is 9.26 Å². The van der Waals surface area contributed by atoms with Gasteiger partial charge in [-0.3, -0.25) is 4.79 Å². The molecule has 0 radical (unpaired) electrons. The molecule has 2 nitrogen and oxygen atoms in total. The lowest BCUT2D eigenvalue weighted by atomic mass is 10.2. The van der Waals surface area contributed by atoms with Crippen molar-refractivity contribution in [2.75, 3.05) is 5.32 Å². The van der Waals surface area contributed by atoms with E-state index in [-0.39, 0.29) is 5.91 Å². The minimum atomic E-state index is -0.0863. The van der Waals surface area contributed by atoms with Gasteiger partial charge in [-0.25, -0.2) is 0 Å². The molecule has 74 valence electrons. The van der Waals surface area contributed by atoms with Crippen LogP contribution in [0.1, 0.15) is 12.5 Å². The van der Waals surface area contributed by atoms with E-state index in [2.05, 4.69) is 27.9 Å². The summed E-state index contributed by atoms with van der Waals surface area (Å²) in [4.78, 5) is 11.2. The largest absolute Gasteiger partial charge is 0.322 e. The van der Waals surface area contributed by atoms with Crippen molar-refractivity contribution in [1.29, 1.82) is 0 Å². The molecule has 0 saturated carbocycles. The van der Waals surface area contributed by atoms with Crippen LogP contribution >= 0.6 is 22.6 Å². The van der Waals surface area contributed by atoms with Crippen molar-refractivity contribution in [3.63, 3.8) is 0 Å². The number of allylic oxidation sites excluding steroid dienone is 1. The van der Waals surface area contributed by atoms with Crippen LogP contribution in [0.25, 0.3) is 0 Å². The Morgan fingerprint density at radius 2 is 2.21 bits per heavy atom. The molecule has 0 unspecified atom stereocenters. The third kappa shape index (κ3) is 3.14. The highest BCUT2D eigenvalue weighted by molar-refractivity contribution is 14.1. The zero-order valence-corrected chi connectivity index (χ0v) is 10.3. The van der Waals surface area contributed by atoms with Gasteiger partial charge in [-0.2, -0.15) is 0 Å². The predicted molar refractivity (Wildman–Crippen MR) is 67.3 cm³/mol. The molecule has 1 rings (SSSR count). The minimum absolute atomic E-state index is 0.0863. The summed E-state index contributed by atoms with van der Waals surface area (Å²) >= 11 is 2.25. The van der Waals surface area contributed by atoms with Gasteiger partial charge in [-0.05, 0) is 66.3 Å². The molecule has 0 saturated heterocycles. The van der Waals surface area contributed by atoms with Gasteiger partial charge in [0.25, 0.3) is 0 Å². The maximum atomic E-state index is 11.2. The molecule has 1 aromatic carbocycles. The summed E-state index contributed by atoms with van der Waals surface area (Å²) < 4.78 is 1.17. The van der Waals surface area contributed by atoms with Crippen molar-refractivity contribution in [3.8, 4) is 0 Å². The number of rotatable bonds is 2. The molecule has 0 bridgehead atoms. The molecule has 0 heterocycles. The average molecular weight is 301 g/mol. The van der Waals surface area contributed by atoms with E-state index in [0.29, 0.717) is 0 Å². The zero-order valence-electron chi connectivity index (χ0n) is 8.17. The fourth-order valence-corrected chi connectivity index (χ4v) is 1.74. The van der Waals surface area contributed by atoms with Crippen LogP contribution in [0.15, 0.2) is 30.4 Å². The number of amides is 1. The second kappa shape index (κ2) is 5.14. The first-order valence-electron chi connectivity index (χ1n) is 4.33. The average Bonchev–Trinajstić information content (AvgIpc) is 2.10. The first kappa shape index (κ1) is 11.2. The van der Waals surface area contributed by atoms with Gasteiger partial charge >= 0.3 is 0 Å². The Hall–Kier alpha value is -0.840. The number of carbonyl (C=O) groups is 1. The maximum Gasteiger partial charge on any atom is 0.248 e. The van der Waals surface area contributed by atoms with Crippen molar-refractivity contribution in [2.45, 2.75) is 13.8 Å². The smallest absolute Gasteiger partial charge is 0.248 e. The van der Waals surface area contributed by atoms with Crippen LogP contribution in [-0.2, 0) is 4.79 Å². The van der Waals surface area contributed by atoms with E-state index in [9.17, 15) is 4.79 Å². The molecule has 0 aromatic heterocycles. The predicted octanol–water partition coefficient (Wildman–Crippen LogP) is 3.11. The van der Waals surface area contributed by atoms with E-state index in [1.807, 2.05) is 32.0 Å². The van der Waals surface area contributed by atoms with Crippen molar-refractivity contribution in [3.05, 3.63) is 39.5 Å². The zero-order chi connectivity index (χ0) is 10.6. The summed E-state index contributed by atoms with van der Waals surface area (Å²) in [7, 11) is 0. The quantitative estimate of drug-likeness (QED) is 0.660. The Balaban J connectivity index is 2.82. The van der Waals surface area contributed by atoms with Crippen LogP contribution in [-0.4, -0.2) is 5.91 Å². The van der Waals surface area contributed by atoms with Crippen molar-refractivity contribution < 1.29 is 4.79 Å². The van der Waals surface area contributed by atoms with E-state index < -0.39 is 0 Å². The normalized spacial score (nSPS) is 10.5. The molecule has 1 amide bonds. The van der Waals surface area contributed by atoms with Crippen LogP contribution in [0.2, 0.25) is 0 Å². The lowest BCUT2D eigenvalue weighted by molar-refractivity contribution is -0.111. The Morgan fingerprint density at radius 3 is 2.79 bits per heavy atom. The molecule has 1 N–H and O–H groups in total. The van der Waals surface area contributed by atoms with Gasteiger partial charge < -0.3 is 5.32 Å². The van der Waals surface area contributed by atoms with E-state index in [0.717, 1.165) is 11.3 Å². The standard InChI is InChI=1S/C11H12INO/c1-3-4-11(14)13-10-6-5-9(12)7-8(10)2/h3-7H,1-2H3,(H,13,14)/b4-3+. The molecule has 14 heavy (non-hydrogen) atoms. The van der Waals surface area contributed by atoms with E-state index in [4.69, 9.17) is 0 Å². The SMILES string of the molecule is C/C=C/C(=O)Nc1ccc(I)cc1C. The van der Waals surface area contributed by atoms with Gasteiger partial charge in [-0.15, -0.1) is 0 Å². The Kier molecular flexibility index (Phi) is 4.13. The fourth-order valence-electron chi connectivity index (χ4n) is 1.09. The number of aryl methyl sites for hydroxylation is 1. The molecular weight excluding hydrogens is 289 g/mol. The van der Waals surface area contributed by atoms with Gasteiger partial charge in [0.05, 0.1) is 0 Å². The van der Waals surface area contributed by atoms with Gasteiger partial charge in [-0.1, -0.05) is 6.08 Å². The highest BCUT2D eigenvalue weighted by Crippen LogP contribution is 2.17. The highest BCUT2D eigenvalue weighted by Gasteiger charge is 2.00. The molecule has 0 atom stereocenters. The molecule has 0 fully saturated rings. The first-order chi connectivity index (χ1) is 6.63. The Morgan fingerprint density at radius 1 is 1.50 bits per heavy atom. The van der Waals surface area contributed by atoms with Crippen LogP contribution in [0.4, 0.5) is 5.69 Å².